The van der Waals surface area contributed by atoms with Gasteiger partial charge in [0.15, 0.2) is 0 Å². The summed E-state index contributed by atoms with van der Waals surface area (Å²) in [6.45, 7) is 1.36. The topological polar surface area (TPSA) is 31.2 Å². The van der Waals surface area contributed by atoms with E-state index in [1.165, 1.54) is 19.4 Å². The Morgan fingerprint density at radius 3 is 2.63 bits per heavy atom. The van der Waals surface area contributed by atoms with E-state index in [-0.39, 0.29) is 11.9 Å². The molecule has 0 saturated carbocycles. The molecule has 1 aromatic heterocycles. The van der Waals surface area contributed by atoms with E-state index in [0.717, 1.165) is 11.0 Å². The van der Waals surface area contributed by atoms with Crippen molar-refractivity contribution >= 4 is 7.85 Å². The van der Waals surface area contributed by atoms with Gasteiger partial charge in [-0.25, -0.2) is 8.78 Å². The van der Waals surface area contributed by atoms with Crippen LogP contribution in [0.4, 0.5) is 8.78 Å². The van der Waals surface area contributed by atoms with Gasteiger partial charge in [0, 0.05) is 19.4 Å². The Hall–Kier alpha value is -1.17. The Bertz CT molecular complexity index is 451. The van der Waals surface area contributed by atoms with Gasteiger partial charge in [0.2, 0.25) is 0 Å². The number of aromatic nitrogens is 1. The predicted molar refractivity (Wildman–Crippen MR) is 70.9 cm³/mol. The summed E-state index contributed by atoms with van der Waals surface area (Å²) in [5, 5.41) is 0. The van der Waals surface area contributed by atoms with Crippen LogP contribution in [0.5, 0.6) is 0 Å². The van der Waals surface area contributed by atoms with Crippen LogP contribution in [-0.2, 0) is 11.3 Å². The number of methoxy groups -OCH3 is 1. The minimum absolute atomic E-state index is 0.0274. The quantitative estimate of drug-likeness (QED) is 0.712. The molecule has 2 unspecified atom stereocenters. The van der Waals surface area contributed by atoms with Crippen molar-refractivity contribution in [3.63, 3.8) is 0 Å². The van der Waals surface area contributed by atoms with Gasteiger partial charge in [0.05, 0.1) is 20.5 Å². The zero-order valence-electron chi connectivity index (χ0n) is 11.2. The van der Waals surface area contributed by atoms with Crippen molar-refractivity contribution in [1.82, 2.24) is 4.57 Å². The van der Waals surface area contributed by atoms with E-state index in [9.17, 15) is 13.6 Å². The van der Waals surface area contributed by atoms with Gasteiger partial charge < -0.3 is 9.30 Å². The number of ether oxygens (including phenoxy) is 1. The fourth-order valence-corrected chi connectivity index (χ4v) is 1.84. The average Bonchev–Trinajstić information content (AvgIpc) is 2.37. The third-order valence-electron chi connectivity index (χ3n) is 3.04. The Morgan fingerprint density at radius 1 is 1.42 bits per heavy atom. The first kappa shape index (κ1) is 15.9. The van der Waals surface area contributed by atoms with Crippen molar-refractivity contribution < 1.29 is 13.5 Å². The molecule has 2 radical (unpaired) electrons. The molecule has 0 amide bonds. The first-order valence-corrected chi connectivity index (χ1v) is 6.24. The molecule has 1 aromatic rings. The van der Waals surface area contributed by atoms with E-state index in [0.29, 0.717) is 12.0 Å². The zero-order chi connectivity index (χ0) is 14.4. The molecule has 0 aromatic carbocycles. The maximum Gasteiger partial charge on any atom is 0.256 e. The fourth-order valence-electron chi connectivity index (χ4n) is 1.84. The molecule has 3 nitrogen and oxygen atoms in total. The highest BCUT2D eigenvalue weighted by atomic mass is 19.3. The molecular weight excluding hydrogens is 251 g/mol. The van der Waals surface area contributed by atoms with E-state index in [4.69, 9.17) is 12.6 Å². The number of hydrogen-bond acceptors (Lipinski definition) is 2. The molecular formula is C13H18BF2NO2. The number of halogens is 2. The van der Waals surface area contributed by atoms with Gasteiger partial charge in [-0.05, 0) is 18.1 Å². The van der Waals surface area contributed by atoms with E-state index in [1.807, 2.05) is 6.92 Å². The van der Waals surface area contributed by atoms with Gasteiger partial charge in [-0.2, -0.15) is 0 Å². The van der Waals surface area contributed by atoms with Crippen LogP contribution >= 0.6 is 0 Å². The van der Waals surface area contributed by atoms with Gasteiger partial charge in [-0.1, -0.05) is 19.2 Å². The van der Waals surface area contributed by atoms with Crippen molar-refractivity contribution in [2.75, 3.05) is 7.11 Å². The lowest BCUT2D eigenvalue weighted by Crippen LogP contribution is -2.23. The monoisotopic (exact) mass is 269 g/mol. The maximum atomic E-state index is 12.4. The molecule has 0 spiro atoms. The van der Waals surface area contributed by atoms with E-state index >= 15 is 0 Å². The molecule has 6 heteroatoms. The number of pyridine rings is 1. The predicted octanol–water partition coefficient (Wildman–Crippen LogP) is 2.56. The lowest BCUT2D eigenvalue weighted by molar-refractivity contribution is 0.0920. The van der Waals surface area contributed by atoms with Crippen LogP contribution in [0.1, 0.15) is 31.4 Å². The summed E-state index contributed by atoms with van der Waals surface area (Å²) in [7, 11) is 7.40. The first-order chi connectivity index (χ1) is 8.97. The van der Waals surface area contributed by atoms with Gasteiger partial charge in [-0.15, -0.1) is 0 Å². The second-order valence-electron chi connectivity index (χ2n) is 4.47. The summed E-state index contributed by atoms with van der Waals surface area (Å²) < 4.78 is 31.1. The second-order valence-corrected chi connectivity index (χ2v) is 4.47. The SMILES string of the molecule is [B]C(CC)CC(OC)c1ccc(=O)n(CC(F)F)c1. The largest absolute Gasteiger partial charge is 0.377 e. The Morgan fingerprint density at radius 2 is 2.11 bits per heavy atom. The van der Waals surface area contributed by atoms with Gasteiger partial charge in [0.25, 0.3) is 12.0 Å². The zero-order valence-corrected chi connectivity index (χ0v) is 11.2. The summed E-state index contributed by atoms with van der Waals surface area (Å²) in [5.41, 5.74) is 0.241. The van der Waals surface area contributed by atoms with Gasteiger partial charge in [-0.3, -0.25) is 4.79 Å². The lowest BCUT2D eigenvalue weighted by Gasteiger charge is -2.20. The summed E-state index contributed by atoms with van der Waals surface area (Å²) >= 11 is 0. The summed E-state index contributed by atoms with van der Waals surface area (Å²) in [6, 6.07) is 2.88. The highest BCUT2D eigenvalue weighted by Gasteiger charge is 2.15. The molecule has 0 N–H and O–H groups in total. The molecule has 0 fully saturated rings. The minimum atomic E-state index is -2.56. The number of rotatable bonds is 7. The molecule has 0 bridgehead atoms. The van der Waals surface area contributed by atoms with Gasteiger partial charge >= 0.3 is 0 Å². The van der Waals surface area contributed by atoms with Crippen LogP contribution in [0.25, 0.3) is 0 Å². The molecule has 1 heterocycles. The van der Waals surface area contributed by atoms with E-state index in [1.54, 1.807) is 6.07 Å². The third-order valence-corrected chi connectivity index (χ3v) is 3.04. The van der Waals surface area contributed by atoms with Gasteiger partial charge in [0.1, 0.15) is 0 Å². The van der Waals surface area contributed by atoms with Crippen molar-refractivity contribution in [2.45, 2.75) is 44.7 Å². The Labute approximate surface area is 113 Å². The Balaban J connectivity index is 2.95. The third kappa shape index (κ3) is 4.78. The molecule has 2 atom stereocenters. The number of hydrogen-bond donors (Lipinski definition) is 0. The molecule has 19 heavy (non-hydrogen) atoms. The molecule has 0 aliphatic carbocycles. The van der Waals surface area contributed by atoms with Crippen molar-refractivity contribution in [2.24, 2.45) is 0 Å². The highest BCUT2D eigenvalue weighted by molar-refractivity contribution is 6.11. The van der Waals surface area contributed by atoms with Crippen LogP contribution in [0.15, 0.2) is 23.1 Å². The second kappa shape index (κ2) is 7.43. The maximum absolute atomic E-state index is 12.4. The minimum Gasteiger partial charge on any atom is -0.377 e. The number of nitrogens with zero attached hydrogens (tertiary/aromatic N) is 1. The fraction of sp³-hybridized carbons (Fsp3) is 0.615. The molecule has 1 rings (SSSR count). The average molecular weight is 269 g/mol. The van der Waals surface area contributed by atoms with Crippen molar-refractivity contribution in [3.8, 4) is 0 Å². The first-order valence-electron chi connectivity index (χ1n) is 6.24. The van der Waals surface area contributed by atoms with E-state index < -0.39 is 18.5 Å². The standard InChI is InChI=1S/C13H18BF2NO2/c1-3-10(14)6-11(19-2)9-4-5-13(18)17(7-9)8-12(15)16/h4-5,7,10-12H,3,6,8H2,1-2H3. The van der Waals surface area contributed by atoms with Crippen molar-refractivity contribution in [3.05, 3.63) is 34.2 Å². The van der Waals surface area contributed by atoms with Crippen LogP contribution in [0.3, 0.4) is 0 Å². The smallest absolute Gasteiger partial charge is 0.256 e. The van der Waals surface area contributed by atoms with Crippen molar-refractivity contribution in [1.29, 1.82) is 0 Å². The van der Waals surface area contributed by atoms with E-state index in [2.05, 4.69) is 0 Å². The Kier molecular flexibility index (Phi) is 6.21. The molecule has 0 aliphatic rings. The number of alkyl halides is 2. The summed E-state index contributed by atoms with van der Waals surface area (Å²) in [5.74, 6) is -0.0274. The van der Waals surface area contributed by atoms with Crippen LogP contribution in [0, 0.1) is 0 Å². The highest BCUT2D eigenvalue weighted by Crippen LogP contribution is 2.27. The molecule has 0 saturated heterocycles. The molecule has 104 valence electrons. The lowest BCUT2D eigenvalue weighted by atomic mass is 9.79. The van der Waals surface area contributed by atoms with Crippen LogP contribution < -0.4 is 5.56 Å². The van der Waals surface area contributed by atoms with Crippen LogP contribution in [0.2, 0.25) is 5.82 Å². The summed E-state index contributed by atoms with van der Waals surface area (Å²) in [4.78, 5) is 11.5. The molecule has 0 aliphatic heterocycles. The normalized spacial score (nSPS) is 14.6. The van der Waals surface area contributed by atoms with Crippen LogP contribution in [-0.4, -0.2) is 25.9 Å². The summed E-state index contributed by atoms with van der Waals surface area (Å²) in [6.07, 6.45) is -0.0483.